The van der Waals surface area contributed by atoms with Crippen molar-refractivity contribution in [2.24, 2.45) is 11.0 Å². The number of hydrogen-bond acceptors (Lipinski definition) is 4. The van der Waals surface area contributed by atoms with Crippen molar-refractivity contribution < 1.29 is 9.90 Å². The Morgan fingerprint density at radius 2 is 2.42 bits per heavy atom. The second-order valence-electron chi connectivity index (χ2n) is 4.77. The number of pyridine rings is 1. The first-order valence-corrected chi connectivity index (χ1v) is 6.11. The van der Waals surface area contributed by atoms with Gasteiger partial charge in [-0.15, -0.1) is 6.58 Å². The van der Waals surface area contributed by atoms with Gasteiger partial charge in [0.25, 0.3) is 5.91 Å². The van der Waals surface area contributed by atoms with Crippen LogP contribution in [-0.2, 0) is 0 Å². The second kappa shape index (κ2) is 4.93. The highest BCUT2D eigenvalue weighted by Crippen LogP contribution is 2.34. The van der Waals surface area contributed by atoms with E-state index in [0.717, 1.165) is 10.7 Å². The highest BCUT2D eigenvalue weighted by atomic mass is 16.3. The van der Waals surface area contributed by atoms with Crippen molar-refractivity contribution >= 4 is 11.6 Å². The van der Waals surface area contributed by atoms with Gasteiger partial charge in [-0.2, -0.15) is 10.1 Å². The maximum absolute atomic E-state index is 12.4. The molecule has 0 aromatic carbocycles. The Kier molecular flexibility index (Phi) is 3.48. The number of amides is 1. The lowest BCUT2D eigenvalue weighted by Gasteiger charge is -2.32. The lowest BCUT2D eigenvalue weighted by Crippen LogP contribution is -2.48. The minimum Gasteiger partial charge on any atom is -0.369 e. The van der Waals surface area contributed by atoms with Gasteiger partial charge in [0.2, 0.25) is 0 Å². The van der Waals surface area contributed by atoms with E-state index < -0.39 is 5.72 Å². The lowest BCUT2D eigenvalue weighted by atomic mass is 9.90. The maximum Gasteiger partial charge on any atom is 0.278 e. The van der Waals surface area contributed by atoms with Gasteiger partial charge in [-0.1, -0.05) is 6.08 Å². The molecule has 1 N–H and O–H groups in total. The van der Waals surface area contributed by atoms with Crippen LogP contribution in [0.4, 0.5) is 0 Å². The molecular weight excluding hydrogens is 242 g/mol. The fourth-order valence-electron chi connectivity index (χ4n) is 2.30. The van der Waals surface area contributed by atoms with Crippen molar-refractivity contribution in [3.05, 3.63) is 42.7 Å². The van der Waals surface area contributed by atoms with E-state index in [1.165, 1.54) is 6.20 Å². The van der Waals surface area contributed by atoms with Crippen LogP contribution in [-0.4, -0.2) is 32.4 Å². The smallest absolute Gasteiger partial charge is 0.278 e. The van der Waals surface area contributed by atoms with Crippen LogP contribution in [0.15, 0.2) is 42.3 Å². The molecule has 100 valence electrons. The molecule has 1 aromatic rings. The Bertz CT molecular complexity index is 523. The summed E-state index contributed by atoms with van der Waals surface area (Å²) >= 11 is 0. The van der Waals surface area contributed by atoms with Crippen LogP contribution in [0.3, 0.4) is 0 Å². The lowest BCUT2D eigenvalue weighted by molar-refractivity contribution is -0.0819. The van der Waals surface area contributed by atoms with Gasteiger partial charge in [-0.25, -0.2) is 0 Å². The van der Waals surface area contributed by atoms with Gasteiger partial charge in [0, 0.05) is 18.1 Å². The molecule has 0 radical (unpaired) electrons. The zero-order valence-electron chi connectivity index (χ0n) is 11.1. The first kappa shape index (κ1) is 13.4. The summed E-state index contributed by atoms with van der Waals surface area (Å²) in [5.74, 6) is -0.588. The third kappa shape index (κ3) is 2.29. The van der Waals surface area contributed by atoms with Gasteiger partial charge in [-0.3, -0.25) is 9.78 Å². The van der Waals surface area contributed by atoms with Crippen LogP contribution in [0, 0.1) is 5.92 Å². The van der Waals surface area contributed by atoms with Crippen LogP contribution in [0.5, 0.6) is 0 Å². The van der Waals surface area contributed by atoms with Gasteiger partial charge in [0.05, 0.1) is 11.5 Å². The van der Waals surface area contributed by atoms with Crippen LogP contribution in [0.2, 0.25) is 0 Å². The Hall–Kier alpha value is -2.01. The van der Waals surface area contributed by atoms with Gasteiger partial charge in [0.1, 0.15) is 0 Å². The molecule has 2 heterocycles. The summed E-state index contributed by atoms with van der Waals surface area (Å²) in [4.78, 5) is 16.3. The maximum atomic E-state index is 12.4. The van der Waals surface area contributed by atoms with Crippen molar-refractivity contribution in [1.29, 1.82) is 0 Å². The summed E-state index contributed by atoms with van der Waals surface area (Å²) in [6, 6.07) is 3.33. The van der Waals surface area contributed by atoms with Crippen LogP contribution in [0.1, 0.15) is 30.6 Å². The number of carbonyl (C=O) groups excluding carboxylic acids is 1. The molecule has 0 unspecified atom stereocenters. The van der Waals surface area contributed by atoms with E-state index in [0.29, 0.717) is 12.0 Å². The highest BCUT2D eigenvalue weighted by Gasteiger charge is 2.47. The fraction of sp³-hybridized carbons (Fsp3) is 0.357. The van der Waals surface area contributed by atoms with Gasteiger partial charge in [0.15, 0.2) is 5.72 Å². The number of hydrogen-bond donors (Lipinski definition) is 1. The molecule has 5 heteroatoms. The van der Waals surface area contributed by atoms with Gasteiger partial charge >= 0.3 is 0 Å². The van der Waals surface area contributed by atoms with E-state index in [-0.39, 0.29) is 11.8 Å². The standard InChI is InChI=1S/C14H17N3O2/c1-4-6-12-10(2)16-17(14(12,3)19)13(18)11-7-5-8-15-9-11/h4-5,7-9,12,19H,1,6H2,2-3H3/t12-,14+/m0/s1. The summed E-state index contributed by atoms with van der Waals surface area (Å²) < 4.78 is 0. The van der Waals surface area contributed by atoms with Crippen molar-refractivity contribution in [2.45, 2.75) is 26.0 Å². The molecule has 0 aliphatic carbocycles. The van der Waals surface area contributed by atoms with Crippen molar-refractivity contribution in [2.75, 3.05) is 0 Å². The molecule has 19 heavy (non-hydrogen) atoms. The third-order valence-corrected chi connectivity index (χ3v) is 3.35. The number of nitrogens with zero attached hydrogens (tertiary/aromatic N) is 3. The Balaban J connectivity index is 2.31. The number of hydrazone groups is 1. The Morgan fingerprint density at radius 3 is 3.00 bits per heavy atom. The van der Waals surface area contributed by atoms with E-state index in [1.807, 2.05) is 0 Å². The zero-order valence-corrected chi connectivity index (χ0v) is 11.1. The van der Waals surface area contributed by atoms with Crippen molar-refractivity contribution in [3.8, 4) is 0 Å². The highest BCUT2D eigenvalue weighted by molar-refractivity contribution is 5.98. The van der Waals surface area contributed by atoms with Gasteiger partial charge in [-0.05, 0) is 32.4 Å². The number of allylic oxidation sites excluding steroid dienone is 1. The molecule has 0 saturated heterocycles. The van der Waals surface area contributed by atoms with Crippen LogP contribution >= 0.6 is 0 Å². The topological polar surface area (TPSA) is 65.8 Å². The molecule has 2 rings (SSSR count). The van der Waals surface area contributed by atoms with Crippen molar-refractivity contribution in [1.82, 2.24) is 9.99 Å². The summed E-state index contributed by atoms with van der Waals surface area (Å²) in [5, 5.41) is 15.9. The minimum atomic E-state index is -1.34. The van der Waals surface area contributed by atoms with E-state index in [1.54, 1.807) is 38.3 Å². The van der Waals surface area contributed by atoms with Crippen molar-refractivity contribution in [3.63, 3.8) is 0 Å². The molecule has 0 spiro atoms. The van der Waals surface area contributed by atoms with E-state index >= 15 is 0 Å². The minimum absolute atomic E-state index is 0.231. The summed E-state index contributed by atoms with van der Waals surface area (Å²) in [6.45, 7) is 7.07. The first-order chi connectivity index (χ1) is 8.98. The SMILES string of the molecule is C=CC[C@H]1C(C)=NN(C(=O)c2cccnc2)[C@]1(C)O. The van der Waals surface area contributed by atoms with E-state index in [2.05, 4.69) is 16.7 Å². The van der Waals surface area contributed by atoms with E-state index in [9.17, 15) is 9.90 Å². The molecule has 1 aliphatic rings. The largest absolute Gasteiger partial charge is 0.369 e. The number of aliphatic hydroxyl groups is 1. The molecule has 5 nitrogen and oxygen atoms in total. The normalized spacial score (nSPS) is 26.2. The molecule has 0 bridgehead atoms. The molecule has 0 fully saturated rings. The van der Waals surface area contributed by atoms with Gasteiger partial charge < -0.3 is 5.11 Å². The molecule has 1 aliphatic heterocycles. The molecule has 2 atom stereocenters. The second-order valence-corrected chi connectivity index (χ2v) is 4.77. The number of aromatic nitrogens is 1. The molecule has 0 saturated carbocycles. The van der Waals surface area contributed by atoms with Crippen LogP contribution in [0.25, 0.3) is 0 Å². The monoisotopic (exact) mass is 259 g/mol. The quantitative estimate of drug-likeness (QED) is 0.842. The zero-order chi connectivity index (χ0) is 14.0. The fourth-order valence-corrected chi connectivity index (χ4v) is 2.30. The summed E-state index contributed by atoms with van der Waals surface area (Å²) in [6.07, 6.45) is 5.34. The average molecular weight is 259 g/mol. The summed E-state index contributed by atoms with van der Waals surface area (Å²) in [7, 11) is 0. The predicted octanol–water partition coefficient (Wildman–Crippen LogP) is 1.81. The summed E-state index contributed by atoms with van der Waals surface area (Å²) in [5.41, 5.74) is -0.216. The molecule has 1 amide bonds. The third-order valence-electron chi connectivity index (χ3n) is 3.35. The average Bonchev–Trinajstić information content (AvgIpc) is 2.63. The number of carbonyl (C=O) groups is 1. The van der Waals surface area contributed by atoms with E-state index in [4.69, 9.17) is 0 Å². The Labute approximate surface area is 112 Å². The Morgan fingerprint density at radius 1 is 1.68 bits per heavy atom. The molecular formula is C14H17N3O2. The first-order valence-electron chi connectivity index (χ1n) is 6.11. The number of rotatable bonds is 3. The molecule has 1 aromatic heterocycles. The predicted molar refractivity (Wildman–Crippen MR) is 72.4 cm³/mol. The van der Waals surface area contributed by atoms with Crippen LogP contribution < -0.4 is 0 Å².